The molecule has 0 saturated heterocycles. The molecule has 1 heterocycles. The van der Waals surface area contributed by atoms with Gasteiger partial charge < -0.3 is 0 Å². The third-order valence-electron chi connectivity index (χ3n) is 1.72. The summed E-state index contributed by atoms with van der Waals surface area (Å²) in [7, 11) is 0. The zero-order valence-corrected chi connectivity index (χ0v) is 6.71. The van der Waals surface area contributed by atoms with Crippen molar-refractivity contribution in [3.8, 4) is 0 Å². The second-order valence-electron chi connectivity index (χ2n) is 2.58. The average Bonchev–Trinajstić information content (AvgIpc) is 2.58. The van der Waals surface area contributed by atoms with Crippen LogP contribution in [0.4, 0.5) is 0 Å². The predicted octanol–water partition coefficient (Wildman–Crippen LogP) is 1.56. The summed E-state index contributed by atoms with van der Waals surface area (Å²) < 4.78 is 0. The first-order valence-corrected chi connectivity index (χ1v) is 4.24. The fraction of sp³-hybridized carbons (Fsp3) is 0.833. The lowest BCUT2D eigenvalue weighted by Crippen LogP contribution is -2.22. The summed E-state index contributed by atoms with van der Waals surface area (Å²) in [6.45, 7) is 0. The SMILES string of the molecule is BrC1CC=NN1C1CC1. The van der Waals surface area contributed by atoms with E-state index in [2.05, 4.69) is 26.0 Å². The molecule has 9 heavy (non-hydrogen) atoms. The van der Waals surface area contributed by atoms with Crippen LogP contribution in [0.25, 0.3) is 0 Å². The van der Waals surface area contributed by atoms with Gasteiger partial charge >= 0.3 is 0 Å². The van der Waals surface area contributed by atoms with Gasteiger partial charge in [-0.05, 0) is 12.8 Å². The van der Waals surface area contributed by atoms with E-state index >= 15 is 0 Å². The maximum absolute atomic E-state index is 4.24. The van der Waals surface area contributed by atoms with Gasteiger partial charge in [-0.3, -0.25) is 5.01 Å². The number of nitrogens with zero attached hydrogens (tertiary/aromatic N) is 2. The zero-order chi connectivity index (χ0) is 6.27. The maximum atomic E-state index is 4.24. The molecule has 2 rings (SSSR count). The zero-order valence-electron chi connectivity index (χ0n) is 5.13. The minimum Gasteiger partial charge on any atom is -0.280 e. The first-order valence-electron chi connectivity index (χ1n) is 3.33. The quantitative estimate of drug-likeness (QED) is 0.451. The summed E-state index contributed by atoms with van der Waals surface area (Å²) >= 11 is 3.55. The molecule has 1 saturated carbocycles. The van der Waals surface area contributed by atoms with Crippen molar-refractivity contribution in [1.82, 2.24) is 5.01 Å². The number of hydrogen-bond acceptors (Lipinski definition) is 2. The summed E-state index contributed by atoms with van der Waals surface area (Å²) in [5, 5.41) is 6.41. The van der Waals surface area contributed by atoms with Gasteiger partial charge in [0.05, 0.1) is 0 Å². The van der Waals surface area contributed by atoms with Gasteiger partial charge in [-0.15, -0.1) is 0 Å². The van der Waals surface area contributed by atoms with Crippen molar-refractivity contribution in [3.63, 3.8) is 0 Å². The van der Waals surface area contributed by atoms with Gasteiger partial charge in [-0.2, -0.15) is 5.10 Å². The van der Waals surface area contributed by atoms with Gasteiger partial charge in [0.1, 0.15) is 4.95 Å². The van der Waals surface area contributed by atoms with E-state index in [1.54, 1.807) is 0 Å². The Morgan fingerprint density at radius 2 is 2.33 bits per heavy atom. The Morgan fingerprint density at radius 1 is 1.56 bits per heavy atom. The van der Waals surface area contributed by atoms with Crippen molar-refractivity contribution in [2.24, 2.45) is 5.10 Å². The van der Waals surface area contributed by atoms with Gasteiger partial charge in [0, 0.05) is 18.7 Å². The lowest BCUT2D eigenvalue weighted by molar-refractivity contribution is 0.289. The summed E-state index contributed by atoms with van der Waals surface area (Å²) in [5.74, 6) is 0. The highest BCUT2D eigenvalue weighted by Gasteiger charge is 2.33. The lowest BCUT2D eigenvalue weighted by Gasteiger charge is -2.17. The Morgan fingerprint density at radius 3 is 2.78 bits per heavy atom. The molecule has 0 amide bonds. The first-order chi connectivity index (χ1) is 4.38. The minimum atomic E-state index is 0.491. The van der Waals surface area contributed by atoms with E-state index in [1.807, 2.05) is 6.21 Å². The van der Waals surface area contributed by atoms with Crippen molar-refractivity contribution in [1.29, 1.82) is 0 Å². The summed E-state index contributed by atoms with van der Waals surface area (Å²) in [4.78, 5) is 0.491. The van der Waals surface area contributed by atoms with E-state index in [-0.39, 0.29) is 0 Å². The number of alkyl halides is 1. The van der Waals surface area contributed by atoms with Crippen LogP contribution in [0.2, 0.25) is 0 Å². The maximum Gasteiger partial charge on any atom is 0.107 e. The average molecular weight is 189 g/mol. The van der Waals surface area contributed by atoms with E-state index in [4.69, 9.17) is 0 Å². The molecule has 0 aromatic carbocycles. The molecule has 1 aliphatic heterocycles. The molecule has 0 aromatic heterocycles. The second-order valence-corrected chi connectivity index (χ2v) is 3.64. The molecule has 3 heteroatoms. The smallest absolute Gasteiger partial charge is 0.107 e. The number of rotatable bonds is 1. The van der Waals surface area contributed by atoms with Gasteiger partial charge in [-0.25, -0.2) is 0 Å². The monoisotopic (exact) mass is 188 g/mol. The largest absolute Gasteiger partial charge is 0.280 e. The molecule has 1 aliphatic carbocycles. The summed E-state index contributed by atoms with van der Waals surface area (Å²) in [6, 6.07) is 0.758. The number of hydrogen-bond donors (Lipinski definition) is 0. The van der Waals surface area contributed by atoms with Gasteiger partial charge in [0.25, 0.3) is 0 Å². The van der Waals surface area contributed by atoms with Crippen LogP contribution < -0.4 is 0 Å². The van der Waals surface area contributed by atoms with Crippen LogP contribution in [0.3, 0.4) is 0 Å². The normalized spacial score (nSPS) is 33.9. The van der Waals surface area contributed by atoms with Crippen LogP contribution in [0, 0.1) is 0 Å². The predicted molar refractivity (Wildman–Crippen MR) is 40.7 cm³/mol. The lowest BCUT2D eigenvalue weighted by atomic mass is 10.5. The molecule has 50 valence electrons. The highest BCUT2D eigenvalue weighted by atomic mass is 79.9. The number of hydrazone groups is 1. The third kappa shape index (κ3) is 0.980. The van der Waals surface area contributed by atoms with Crippen molar-refractivity contribution in [2.75, 3.05) is 0 Å². The second kappa shape index (κ2) is 1.97. The van der Waals surface area contributed by atoms with Crippen LogP contribution in [0.1, 0.15) is 19.3 Å². The Labute approximate surface area is 63.0 Å². The minimum absolute atomic E-state index is 0.491. The molecule has 2 aliphatic rings. The van der Waals surface area contributed by atoms with Crippen LogP contribution in [0.15, 0.2) is 5.10 Å². The molecule has 0 spiro atoms. The molecule has 0 bridgehead atoms. The Hall–Kier alpha value is -0.0500. The van der Waals surface area contributed by atoms with Crippen LogP contribution in [-0.2, 0) is 0 Å². The van der Waals surface area contributed by atoms with Gasteiger partial charge in [-0.1, -0.05) is 15.9 Å². The fourth-order valence-electron chi connectivity index (χ4n) is 1.07. The molecular formula is C6H9BrN2. The van der Waals surface area contributed by atoms with Crippen molar-refractivity contribution in [2.45, 2.75) is 30.3 Å². The first kappa shape index (κ1) is 5.71. The highest BCUT2D eigenvalue weighted by molar-refractivity contribution is 9.09. The highest BCUT2D eigenvalue weighted by Crippen LogP contribution is 2.33. The topological polar surface area (TPSA) is 15.6 Å². The molecule has 0 N–H and O–H groups in total. The molecule has 1 fully saturated rings. The standard InChI is InChI=1S/C6H9BrN2/c7-6-3-4-8-9(6)5-1-2-5/h4-6H,1-3H2. The Balaban J connectivity index is 2.01. The van der Waals surface area contributed by atoms with E-state index in [9.17, 15) is 0 Å². The Bertz CT molecular complexity index is 142. The summed E-state index contributed by atoms with van der Waals surface area (Å²) in [5.41, 5.74) is 0. The molecular weight excluding hydrogens is 180 g/mol. The van der Waals surface area contributed by atoms with Crippen molar-refractivity contribution in [3.05, 3.63) is 0 Å². The van der Waals surface area contributed by atoms with Crippen LogP contribution >= 0.6 is 15.9 Å². The van der Waals surface area contributed by atoms with Crippen molar-refractivity contribution >= 4 is 22.1 Å². The van der Waals surface area contributed by atoms with E-state index < -0.39 is 0 Å². The van der Waals surface area contributed by atoms with E-state index in [1.165, 1.54) is 12.8 Å². The molecule has 1 atom stereocenters. The molecule has 0 aromatic rings. The summed E-state index contributed by atoms with van der Waals surface area (Å²) in [6.07, 6.45) is 5.72. The van der Waals surface area contributed by atoms with Crippen molar-refractivity contribution < 1.29 is 0 Å². The Kier molecular flexibility index (Phi) is 1.25. The third-order valence-corrected chi connectivity index (χ3v) is 2.52. The number of halogens is 1. The molecule has 0 radical (unpaired) electrons. The van der Waals surface area contributed by atoms with Crippen LogP contribution in [-0.4, -0.2) is 22.2 Å². The van der Waals surface area contributed by atoms with E-state index in [0.29, 0.717) is 4.95 Å². The van der Waals surface area contributed by atoms with Gasteiger partial charge in [0.2, 0.25) is 0 Å². The fourth-order valence-corrected chi connectivity index (χ4v) is 1.68. The molecule has 2 nitrogen and oxygen atoms in total. The van der Waals surface area contributed by atoms with E-state index in [0.717, 1.165) is 12.5 Å². The molecule has 1 unspecified atom stereocenters. The van der Waals surface area contributed by atoms with Gasteiger partial charge in [0.15, 0.2) is 0 Å². The van der Waals surface area contributed by atoms with Crippen LogP contribution in [0.5, 0.6) is 0 Å².